The molecule has 22 heavy (non-hydrogen) atoms. The van der Waals surface area contributed by atoms with Crippen LogP contribution in [-0.2, 0) is 0 Å². The first-order valence-corrected chi connectivity index (χ1v) is 7.36. The second-order valence-corrected chi connectivity index (χ2v) is 5.28. The summed E-state index contributed by atoms with van der Waals surface area (Å²) in [5.74, 6) is 2.04. The molecule has 112 valence electrons. The number of nitriles is 1. The van der Waals surface area contributed by atoms with Gasteiger partial charge in [-0.2, -0.15) is 5.26 Å². The molecule has 0 radical (unpaired) electrons. The zero-order valence-electron chi connectivity index (χ0n) is 12.2. The van der Waals surface area contributed by atoms with Crippen LogP contribution in [0.3, 0.4) is 0 Å². The summed E-state index contributed by atoms with van der Waals surface area (Å²) in [7, 11) is 0. The summed E-state index contributed by atoms with van der Waals surface area (Å²) < 4.78 is 5.79. The van der Waals surface area contributed by atoms with Crippen LogP contribution in [0.15, 0.2) is 36.8 Å². The average molecular weight is 295 g/mol. The van der Waals surface area contributed by atoms with Crippen LogP contribution in [-0.4, -0.2) is 34.6 Å². The highest BCUT2D eigenvalue weighted by molar-refractivity contribution is 5.34. The minimum absolute atomic E-state index is 0.410. The van der Waals surface area contributed by atoms with Gasteiger partial charge in [0.05, 0.1) is 6.61 Å². The maximum atomic E-state index is 8.90. The SMILES string of the molecule is N#Cc1ccnc(N2CCC(COc3ccncc3)CC2)n1. The first-order chi connectivity index (χ1) is 10.8. The van der Waals surface area contributed by atoms with Gasteiger partial charge in [-0.05, 0) is 37.0 Å². The highest BCUT2D eigenvalue weighted by atomic mass is 16.5. The predicted molar refractivity (Wildman–Crippen MR) is 81.4 cm³/mol. The molecule has 2 aromatic rings. The Labute approximate surface area is 129 Å². The van der Waals surface area contributed by atoms with Crippen LogP contribution in [0.2, 0.25) is 0 Å². The summed E-state index contributed by atoms with van der Waals surface area (Å²) >= 11 is 0. The highest BCUT2D eigenvalue weighted by Crippen LogP contribution is 2.21. The summed E-state index contributed by atoms with van der Waals surface area (Å²) in [6.45, 7) is 2.50. The minimum Gasteiger partial charge on any atom is -0.493 e. The standard InChI is InChI=1S/C16H17N5O/c17-11-14-1-8-19-16(20-14)21-9-4-13(5-10-21)12-22-15-2-6-18-7-3-15/h1-3,6-8,13H,4-5,9-10,12H2. The molecule has 1 aliphatic heterocycles. The second kappa shape index (κ2) is 6.85. The fourth-order valence-corrected chi connectivity index (χ4v) is 2.51. The number of hydrogen-bond donors (Lipinski definition) is 0. The van der Waals surface area contributed by atoms with E-state index in [-0.39, 0.29) is 0 Å². The molecule has 0 bridgehead atoms. The molecule has 0 saturated carbocycles. The first kappa shape index (κ1) is 14.3. The molecule has 3 rings (SSSR count). The maximum absolute atomic E-state index is 8.90. The summed E-state index contributed by atoms with van der Waals surface area (Å²) in [5.41, 5.74) is 0.410. The molecule has 1 saturated heterocycles. The van der Waals surface area contributed by atoms with Crippen molar-refractivity contribution in [2.45, 2.75) is 12.8 Å². The fraction of sp³-hybridized carbons (Fsp3) is 0.375. The number of hydrogen-bond acceptors (Lipinski definition) is 6. The molecule has 0 aromatic carbocycles. The third-order valence-electron chi connectivity index (χ3n) is 3.79. The molecule has 1 fully saturated rings. The lowest BCUT2D eigenvalue weighted by Gasteiger charge is -2.31. The zero-order valence-corrected chi connectivity index (χ0v) is 12.2. The highest BCUT2D eigenvalue weighted by Gasteiger charge is 2.21. The average Bonchev–Trinajstić information content (AvgIpc) is 2.61. The number of aromatic nitrogens is 3. The molecule has 3 heterocycles. The summed E-state index contributed by atoms with van der Waals surface area (Å²) in [6.07, 6.45) is 7.17. The van der Waals surface area contributed by atoms with E-state index < -0.39 is 0 Å². The largest absolute Gasteiger partial charge is 0.493 e. The summed E-state index contributed by atoms with van der Waals surface area (Å²) in [4.78, 5) is 14.6. The number of anilines is 1. The monoisotopic (exact) mass is 295 g/mol. The van der Waals surface area contributed by atoms with E-state index in [1.807, 2.05) is 12.1 Å². The Morgan fingerprint density at radius 1 is 1.18 bits per heavy atom. The lowest BCUT2D eigenvalue weighted by molar-refractivity contribution is 0.222. The van der Waals surface area contributed by atoms with E-state index >= 15 is 0 Å². The number of rotatable bonds is 4. The van der Waals surface area contributed by atoms with Gasteiger partial charge in [0, 0.05) is 31.7 Å². The van der Waals surface area contributed by atoms with Gasteiger partial charge in [-0.15, -0.1) is 0 Å². The molecular weight excluding hydrogens is 278 g/mol. The van der Waals surface area contributed by atoms with Crippen molar-refractivity contribution >= 4 is 5.95 Å². The summed E-state index contributed by atoms with van der Waals surface area (Å²) in [5, 5.41) is 8.90. The van der Waals surface area contributed by atoms with E-state index in [0.29, 0.717) is 17.6 Å². The molecule has 1 aliphatic rings. The van der Waals surface area contributed by atoms with Crippen molar-refractivity contribution in [2.24, 2.45) is 5.92 Å². The molecule has 0 atom stereocenters. The van der Waals surface area contributed by atoms with E-state index in [1.54, 1.807) is 24.7 Å². The van der Waals surface area contributed by atoms with Crippen LogP contribution in [0.1, 0.15) is 18.5 Å². The lowest BCUT2D eigenvalue weighted by atomic mass is 9.98. The normalized spacial score (nSPS) is 15.3. The quantitative estimate of drug-likeness (QED) is 0.859. The van der Waals surface area contributed by atoms with E-state index in [0.717, 1.165) is 38.3 Å². The van der Waals surface area contributed by atoms with E-state index in [2.05, 4.69) is 25.9 Å². The predicted octanol–water partition coefficient (Wildman–Crippen LogP) is 2.04. The van der Waals surface area contributed by atoms with Crippen molar-refractivity contribution in [3.63, 3.8) is 0 Å². The zero-order chi connectivity index (χ0) is 15.2. The van der Waals surface area contributed by atoms with Crippen molar-refractivity contribution in [1.82, 2.24) is 15.0 Å². The Kier molecular flexibility index (Phi) is 4.44. The third kappa shape index (κ3) is 3.50. The van der Waals surface area contributed by atoms with E-state index in [4.69, 9.17) is 10.00 Å². The maximum Gasteiger partial charge on any atom is 0.226 e. The first-order valence-electron chi connectivity index (χ1n) is 7.36. The lowest BCUT2D eigenvalue weighted by Crippen LogP contribution is -2.36. The Bertz CT molecular complexity index is 647. The van der Waals surface area contributed by atoms with Gasteiger partial charge in [-0.25, -0.2) is 9.97 Å². The Balaban J connectivity index is 1.51. The van der Waals surface area contributed by atoms with Gasteiger partial charge in [-0.3, -0.25) is 4.98 Å². The van der Waals surface area contributed by atoms with Crippen molar-refractivity contribution < 1.29 is 4.74 Å². The van der Waals surface area contributed by atoms with Crippen molar-refractivity contribution in [3.8, 4) is 11.8 Å². The number of nitrogens with zero attached hydrogens (tertiary/aromatic N) is 5. The van der Waals surface area contributed by atoms with Crippen LogP contribution < -0.4 is 9.64 Å². The van der Waals surface area contributed by atoms with Gasteiger partial charge in [0.2, 0.25) is 5.95 Å². The topological polar surface area (TPSA) is 74.9 Å². The third-order valence-corrected chi connectivity index (χ3v) is 3.79. The van der Waals surface area contributed by atoms with Crippen molar-refractivity contribution in [3.05, 3.63) is 42.5 Å². The van der Waals surface area contributed by atoms with Crippen molar-refractivity contribution in [1.29, 1.82) is 5.26 Å². The van der Waals surface area contributed by atoms with Gasteiger partial charge in [0.15, 0.2) is 0 Å². The van der Waals surface area contributed by atoms with E-state index in [9.17, 15) is 0 Å². The molecule has 0 aliphatic carbocycles. The number of piperidine rings is 1. The van der Waals surface area contributed by atoms with Crippen LogP contribution in [0.25, 0.3) is 0 Å². The second-order valence-electron chi connectivity index (χ2n) is 5.28. The van der Waals surface area contributed by atoms with Gasteiger partial charge < -0.3 is 9.64 Å². The molecule has 0 N–H and O–H groups in total. The van der Waals surface area contributed by atoms with Crippen LogP contribution in [0, 0.1) is 17.2 Å². The Morgan fingerprint density at radius 2 is 1.95 bits per heavy atom. The van der Waals surface area contributed by atoms with Gasteiger partial charge >= 0.3 is 0 Å². The van der Waals surface area contributed by atoms with E-state index in [1.165, 1.54) is 0 Å². The van der Waals surface area contributed by atoms with Gasteiger partial charge in [-0.1, -0.05) is 0 Å². The molecule has 0 spiro atoms. The molecule has 6 nitrogen and oxygen atoms in total. The van der Waals surface area contributed by atoms with Crippen LogP contribution >= 0.6 is 0 Å². The van der Waals surface area contributed by atoms with Crippen LogP contribution in [0.4, 0.5) is 5.95 Å². The van der Waals surface area contributed by atoms with Gasteiger partial charge in [0.25, 0.3) is 0 Å². The Morgan fingerprint density at radius 3 is 2.68 bits per heavy atom. The Hall–Kier alpha value is -2.68. The van der Waals surface area contributed by atoms with Crippen molar-refractivity contribution in [2.75, 3.05) is 24.6 Å². The number of pyridine rings is 1. The van der Waals surface area contributed by atoms with Crippen LogP contribution in [0.5, 0.6) is 5.75 Å². The smallest absolute Gasteiger partial charge is 0.226 e. The molecule has 6 heteroatoms. The fourth-order valence-electron chi connectivity index (χ4n) is 2.51. The molecule has 2 aromatic heterocycles. The summed E-state index contributed by atoms with van der Waals surface area (Å²) in [6, 6.07) is 7.42. The molecule has 0 unspecified atom stereocenters. The number of ether oxygens (including phenoxy) is 1. The molecule has 0 amide bonds. The minimum atomic E-state index is 0.410. The molecular formula is C16H17N5O. The van der Waals surface area contributed by atoms with Gasteiger partial charge in [0.1, 0.15) is 17.5 Å².